The lowest BCUT2D eigenvalue weighted by atomic mass is 9.97. The van der Waals surface area contributed by atoms with E-state index in [-0.39, 0.29) is 23.8 Å². The fraction of sp³-hybridized carbons (Fsp3) is 0.360. The van der Waals surface area contributed by atoms with Crippen molar-refractivity contribution in [3.63, 3.8) is 0 Å². The maximum absolute atomic E-state index is 13.0. The topological polar surface area (TPSA) is 90.9 Å². The van der Waals surface area contributed by atoms with E-state index >= 15 is 0 Å². The highest BCUT2D eigenvalue weighted by molar-refractivity contribution is 9.10. The molecule has 0 atom stereocenters. The Morgan fingerprint density at radius 1 is 1.18 bits per heavy atom. The van der Waals surface area contributed by atoms with E-state index in [1.54, 1.807) is 23.1 Å². The molecule has 0 aromatic heterocycles. The summed E-state index contributed by atoms with van der Waals surface area (Å²) in [6, 6.07) is 12.6. The molecule has 0 spiro atoms. The average molecular weight is 514 g/mol. The van der Waals surface area contributed by atoms with Gasteiger partial charge in [-0.05, 0) is 63.9 Å². The number of piperidine rings is 1. The Morgan fingerprint density at radius 3 is 2.58 bits per heavy atom. The summed E-state index contributed by atoms with van der Waals surface area (Å²) in [5, 5.41) is 16.6. The zero-order valence-corrected chi connectivity index (χ0v) is 20.5. The molecule has 1 saturated heterocycles. The Labute approximate surface area is 201 Å². The third-order valence-corrected chi connectivity index (χ3v) is 6.10. The number of carbonyl (C=O) groups is 2. The molecule has 0 bridgehead atoms. The number of ether oxygens (including phenoxy) is 1. The molecule has 4 rings (SSSR count). The number of aromatic hydroxyl groups is 1. The molecule has 0 saturated carbocycles. The van der Waals surface area contributed by atoms with Gasteiger partial charge in [-0.15, -0.1) is 0 Å². The zero-order chi connectivity index (χ0) is 23.8. The van der Waals surface area contributed by atoms with E-state index in [0.717, 1.165) is 21.3 Å². The van der Waals surface area contributed by atoms with Crippen molar-refractivity contribution in [2.45, 2.75) is 45.3 Å². The summed E-state index contributed by atoms with van der Waals surface area (Å²) in [6.07, 6.45) is 1.12. The lowest BCUT2D eigenvalue weighted by molar-refractivity contribution is -0.110. The van der Waals surface area contributed by atoms with E-state index in [9.17, 15) is 14.7 Å². The summed E-state index contributed by atoms with van der Waals surface area (Å²) >= 11 is 3.50. The van der Waals surface area contributed by atoms with Crippen LogP contribution in [0.15, 0.2) is 46.9 Å². The van der Waals surface area contributed by atoms with Gasteiger partial charge in [0, 0.05) is 40.4 Å². The minimum atomic E-state index is -0.531. The van der Waals surface area contributed by atoms with Crippen LogP contribution in [-0.2, 0) is 9.53 Å². The van der Waals surface area contributed by atoms with Gasteiger partial charge in [0.05, 0.1) is 11.3 Å². The van der Waals surface area contributed by atoms with Crippen molar-refractivity contribution in [1.82, 2.24) is 10.2 Å². The van der Waals surface area contributed by atoms with Crippen molar-refractivity contribution in [3.8, 4) is 5.75 Å². The first-order chi connectivity index (χ1) is 15.6. The number of hydrogen-bond donors (Lipinski definition) is 3. The Bertz CT molecular complexity index is 1110. The molecule has 0 unspecified atom stereocenters. The van der Waals surface area contributed by atoms with Gasteiger partial charge in [-0.1, -0.05) is 28.1 Å². The number of amides is 2. The average Bonchev–Trinajstić information content (AvgIpc) is 3.06. The summed E-state index contributed by atoms with van der Waals surface area (Å²) in [4.78, 5) is 27.1. The molecule has 8 heteroatoms. The van der Waals surface area contributed by atoms with Gasteiger partial charge < -0.3 is 25.4 Å². The fourth-order valence-corrected chi connectivity index (χ4v) is 4.45. The maximum atomic E-state index is 13.0. The number of nitrogens with one attached hydrogen (secondary N) is 2. The number of phenolic OH excluding ortho intramolecular Hbond substituents is 1. The van der Waals surface area contributed by atoms with Crippen LogP contribution in [0.5, 0.6) is 5.75 Å². The Hall–Kier alpha value is -3.00. The van der Waals surface area contributed by atoms with E-state index in [0.29, 0.717) is 37.2 Å². The summed E-state index contributed by atoms with van der Waals surface area (Å²) < 4.78 is 6.37. The molecule has 2 aliphatic rings. The monoisotopic (exact) mass is 513 g/mol. The number of hydrogen-bond acceptors (Lipinski definition) is 5. The second kappa shape index (κ2) is 9.09. The molecule has 1 fully saturated rings. The molecule has 2 heterocycles. The molecule has 174 valence electrons. The fourth-order valence-electron chi connectivity index (χ4n) is 4.09. The predicted octanol–water partition coefficient (Wildman–Crippen LogP) is 4.96. The minimum Gasteiger partial charge on any atom is -0.508 e. The van der Waals surface area contributed by atoms with Crippen molar-refractivity contribution in [1.29, 1.82) is 0 Å². The molecule has 2 amide bonds. The second-order valence-corrected chi connectivity index (χ2v) is 10.2. The summed E-state index contributed by atoms with van der Waals surface area (Å²) in [5.41, 5.74) is 2.94. The first-order valence-corrected chi connectivity index (χ1v) is 11.8. The van der Waals surface area contributed by atoms with Crippen molar-refractivity contribution < 1.29 is 19.4 Å². The molecule has 0 aliphatic carbocycles. The van der Waals surface area contributed by atoms with E-state index in [2.05, 4.69) is 26.6 Å². The van der Waals surface area contributed by atoms with Crippen molar-refractivity contribution in [2.75, 3.05) is 18.4 Å². The quantitative estimate of drug-likeness (QED) is 0.504. The number of benzene rings is 2. The third-order valence-electron chi connectivity index (χ3n) is 5.61. The summed E-state index contributed by atoms with van der Waals surface area (Å²) in [5.74, 6) is -0.0693. The number of likely N-dealkylation sites (tertiary alicyclic amines) is 1. The van der Waals surface area contributed by atoms with Crippen LogP contribution in [0.2, 0.25) is 0 Å². The molecule has 33 heavy (non-hydrogen) atoms. The van der Waals surface area contributed by atoms with E-state index < -0.39 is 5.60 Å². The molecule has 2 aliphatic heterocycles. The Kier molecular flexibility index (Phi) is 6.38. The highest BCUT2D eigenvalue weighted by Crippen LogP contribution is 2.38. The molecular formula is C25H28BrN3O4. The third kappa shape index (κ3) is 5.33. The van der Waals surface area contributed by atoms with E-state index in [4.69, 9.17) is 4.74 Å². The largest absolute Gasteiger partial charge is 0.508 e. The van der Waals surface area contributed by atoms with Crippen LogP contribution in [-0.4, -0.2) is 46.7 Å². The van der Waals surface area contributed by atoms with Crippen LogP contribution in [0.25, 0.3) is 11.3 Å². The molecule has 3 N–H and O–H groups in total. The highest BCUT2D eigenvalue weighted by atomic mass is 79.9. The number of anilines is 1. The van der Waals surface area contributed by atoms with Crippen LogP contribution in [0, 0.1) is 0 Å². The highest BCUT2D eigenvalue weighted by Gasteiger charge is 2.31. The maximum Gasteiger partial charge on any atom is 0.410 e. The van der Waals surface area contributed by atoms with Gasteiger partial charge in [-0.2, -0.15) is 0 Å². The van der Waals surface area contributed by atoms with Gasteiger partial charge in [-0.3, -0.25) is 4.79 Å². The molecule has 2 aromatic carbocycles. The van der Waals surface area contributed by atoms with Crippen LogP contribution < -0.4 is 10.6 Å². The van der Waals surface area contributed by atoms with Crippen molar-refractivity contribution in [3.05, 3.63) is 58.1 Å². The number of nitrogens with zero attached hydrogens (tertiary/aromatic N) is 1. The van der Waals surface area contributed by atoms with Crippen LogP contribution >= 0.6 is 15.9 Å². The molecule has 2 aromatic rings. The first kappa shape index (κ1) is 23.2. The van der Waals surface area contributed by atoms with Gasteiger partial charge in [-0.25, -0.2) is 4.79 Å². The van der Waals surface area contributed by atoms with Gasteiger partial charge >= 0.3 is 6.09 Å². The molecule has 0 radical (unpaired) electrons. The SMILES string of the molecule is CC(C)(C)OC(=O)N1CCC(N/C(=C2\C(=O)Nc3ccc(Br)cc32)c2cccc(O)c2)CC1. The van der Waals surface area contributed by atoms with Gasteiger partial charge in [0.15, 0.2) is 0 Å². The van der Waals surface area contributed by atoms with Gasteiger partial charge in [0.2, 0.25) is 0 Å². The zero-order valence-electron chi connectivity index (χ0n) is 18.9. The number of phenols is 1. The van der Waals surface area contributed by atoms with Crippen molar-refractivity contribution >= 4 is 44.9 Å². The number of halogens is 1. The van der Waals surface area contributed by atoms with Crippen LogP contribution in [0.4, 0.5) is 10.5 Å². The van der Waals surface area contributed by atoms with E-state index in [1.165, 1.54) is 0 Å². The smallest absolute Gasteiger partial charge is 0.410 e. The Morgan fingerprint density at radius 2 is 1.91 bits per heavy atom. The summed E-state index contributed by atoms with van der Waals surface area (Å²) in [6.45, 7) is 6.69. The predicted molar refractivity (Wildman–Crippen MR) is 132 cm³/mol. The lowest BCUT2D eigenvalue weighted by Gasteiger charge is -2.34. The van der Waals surface area contributed by atoms with Crippen LogP contribution in [0.3, 0.4) is 0 Å². The summed E-state index contributed by atoms with van der Waals surface area (Å²) in [7, 11) is 0. The lowest BCUT2D eigenvalue weighted by Crippen LogP contribution is -2.46. The van der Waals surface area contributed by atoms with Gasteiger partial charge in [0.25, 0.3) is 5.91 Å². The van der Waals surface area contributed by atoms with Crippen molar-refractivity contribution in [2.24, 2.45) is 0 Å². The minimum absolute atomic E-state index is 0.0533. The standard InChI is InChI=1S/C25H28BrN3O4/c1-25(2,3)33-24(32)29-11-9-17(10-12-29)27-22(15-5-4-6-18(30)13-15)21-19-14-16(26)7-8-20(19)28-23(21)31/h4-8,13-14,17,27,30H,9-12H2,1-3H3,(H,28,31)/b22-21-. The van der Waals surface area contributed by atoms with Crippen LogP contribution in [0.1, 0.15) is 44.7 Å². The Balaban J connectivity index is 1.62. The van der Waals surface area contributed by atoms with E-state index in [1.807, 2.05) is 45.0 Å². The number of fused-ring (bicyclic) bond motifs is 1. The molecular weight excluding hydrogens is 486 g/mol. The van der Waals surface area contributed by atoms with Gasteiger partial charge in [0.1, 0.15) is 11.4 Å². The second-order valence-electron chi connectivity index (χ2n) is 9.33. The normalized spacial score (nSPS) is 17.9. The molecule has 7 nitrogen and oxygen atoms in total. The number of carbonyl (C=O) groups excluding carboxylic acids is 2. The first-order valence-electron chi connectivity index (χ1n) is 11.0. The number of rotatable bonds is 3.